The summed E-state index contributed by atoms with van der Waals surface area (Å²) in [5, 5.41) is 4.09. The van der Waals surface area contributed by atoms with Crippen molar-refractivity contribution in [2.45, 2.75) is 25.4 Å². The summed E-state index contributed by atoms with van der Waals surface area (Å²) >= 11 is 1.68. The molecule has 2 heterocycles. The first kappa shape index (κ1) is 18.8. The van der Waals surface area contributed by atoms with E-state index < -0.39 is 0 Å². The molecule has 0 atom stereocenters. The van der Waals surface area contributed by atoms with E-state index in [0.29, 0.717) is 18.2 Å². The van der Waals surface area contributed by atoms with Gasteiger partial charge in [-0.25, -0.2) is 9.97 Å². The van der Waals surface area contributed by atoms with E-state index in [2.05, 4.69) is 38.4 Å². The number of anilines is 1. The third kappa shape index (κ3) is 3.91. The Morgan fingerprint density at radius 3 is 2.60 bits per heavy atom. The third-order valence-electron chi connectivity index (χ3n) is 5.28. The van der Waals surface area contributed by atoms with Crippen LogP contribution in [0.25, 0.3) is 20.7 Å². The third-order valence-corrected chi connectivity index (χ3v) is 6.37. The molecule has 2 aromatic carbocycles. The zero-order valence-corrected chi connectivity index (χ0v) is 17.5. The number of hydrogen-bond donors (Lipinski definition) is 1. The van der Waals surface area contributed by atoms with Gasteiger partial charge in [-0.3, -0.25) is 4.79 Å². The number of rotatable bonds is 6. The van der Waals surface area contributed by atoms with Crippen LogP contribution in [0.15, 0.2) is 67.0 Å². The largest absolute Gasteiger partial charge is 0.355 e. The fourth-order valence-electron chi connectivity index (χ4n) is 3.50. The average molecular weight is 415 g/mol. The molecule has 1 aliphatic rings. The first-order valence-corrected chi connectivity index (χ1v) is 10.9. The van der Waals surface area contributed by atoms with E-state index in [1.54, 1.807) is 17.7 Å². The zero-order valence-electron chi connectivity index (χ0n) is 16.7. The van der Waals surface area contributed by atoms with Crippen LogP contribution in [0.3, 0.4) is 0 Å². The van der Waals surface area contributed by atoms with Crippen LogP contribution in [-0.4, -0.2) is 29.0 Å². The van der Waals surface area contributed by atoms with Gasteiger partial charge in [0.25, 0.3) is 5.91 Å². The van der Waals surface area contributed by atoms with Crippen molar-refractivity contribution in [3.8, 4) is 10.4 Å². The summed E-state index contributed by atoms with van der Waals surface area (Å²) in [5.41, 5.74) is 3.03. The zero-order chi connectivity index (χ0) is 20.5. The lowest BCUT2D eigenvalue weighted by Crippen LogP contribution is -2.25. The summed E-state index contributed by atoms with van der Waals surface area (Å²) in [5.74, 6) is 0.926. The van der Waals surface area contributed by atoms with Crippen LogP contribution in [0.4, 0.5) is 5.82 Å². The summed E-state index contributed by atoms with van der Waals surface area (Å²) in [6, 6.07) is 20.7. The molecular formula is C24H22N4OS. The highest BCUT2D eigenvalue weighted by Gasteiger charge is 2.23. The maximum atomic E-state index is 12.2. The lowest BCUT2D eigenvalue weighted by Gasteiger charge is -2.19. The highest BCUT2D eigenvalue weighted by atomic mass is 32.1. The molecule has 0 radical (unpaired) electrons. The second-order valence-corrected chi connectivity index (χ2v) is 8.72. The fourth-order valence-corrected chi connectivity index (χ4v) is 4.50. The van der Waals surface area contributed by atoms with Gasteiger partial charge < -0.3 is 10.2 Å². The predicted molar refractivity (Wildman–Crippen MR) is 122 cm³/mol. The quantitative estimate of drug-likeness (QED) is 0.488. The number of benzene rings is 2. The number of amides is 1. The Bertz CT molecular complexity index is 1180. The van der Waals surface area contributed by atoms with Crippen LogP contribution in [0.1, 0.15) is 28.8 Å². The van der Waals surface area contributed by atoms with Crippen LogP contribution >= 0.6 is 11.3 Å². The van der Waals surface area contributed by atoms with Gasteiger partial charge in [0.2, 0.25) is 0 Å². The van der Waals surface area contributed by atoms with Crippen molar-refractivity contribution in [2.75, 3.05) is 11.9 Å². The fraction of sp³-hybridized carbons (Fsp3) is 0.208. The lowest BCUT2D eigenvalue weighted by molar-refractivity contribution is 0.0951. The van der Waals surface area contributed by atoms with Gasteiger partial charge >= 0.3 is 0 Å². The summed E-state index contributed by atoms with van der Waals surface area (Å²) < 4.78 is 0. The van der Waals surface area contributed by atoms with Crippen molar-refractivity contribution in [1.82, 2.24) is 15.3 Å². The maximum absolute atomic E-state index is 12.2. The van der Waals surface area contributed by atoms with E-state index >= 15 is 0 Å². The van der Waals surface area contributed by atoms with Crippen LogP contribution in [0.2, 0.25) is 0 Å². The van der Waals surface area contributed by atoms with Gasteiger partial charge in [0.15, 0.2) is 0 Å². The number of thiophene rings is 1. The molecule has 0 spiro atoms. The topological polar surface area (TPSA) is 58.1 Å². The molecule has 0 aliphatic heterocycles. The number of nitrogens with one attached hydrogen (secondary N) is 1. The van der Waals surface area contributed by atoms with E-state index in [1.807, 2.05) is 49.5 Å². The minimum absolute atomic E-state index is 0.0154. The Labute approximate surface area is 179 Å². The molecule has 0 saturated heterocycles. The molecule has 6 heteroatoms. The van der Waals surface area contributed by atoms with Crippen molar-refractivity contribution in [1.29, 1.82) is 0 Å². The number of fused-ring (bicyclic) bond motifs is 1. The average Bonchev–Trinajstić information content (AvgIpc) is 3.48. The minimum atomic E-state index is 0.0154. The minimum Gasteiger partial charge on any atom is -0.355 e. The highest BCUT2D eigenvalue weighted by Crippen LogP contribution is 2.36. The Morgan fingerprint density at radius 2 is 1.87 bits per heavy atom. The number of aromatic nitrogens is 2. The normalized spacial score (nSPS) is 13.4. The molecule has 1 saturated carbocycles. The first-order valence-electron chi connectivity index (χ1n) is 10.1. The lowest BCUT2D eigenvalue weighted by atomic mass is 10.1. The molecular weight excluding hydrogens is 392 g/mol. The first-order chi connectivity index (χ1) is 14.7. The molecule has 1 N–H and O–H groups in total. The van der Waals surface area contributed by atoms with Crippen LogP contribution in [0, 0.1) is 0 Å². The van der Waals surface area contributed by atoms with Gasteiger partial charge in [-0.1, -0.05) is 42.5 Å². The van der Waals surface area contributed by atoms with E-state index in [4.69, 9.17) is 0 Å². The van der Waals surface area contributed by atoms with Crippen molar-refractivity contribution >= 4 is 33.3 Å². The van der Waals surface area contributed by atoms with Gasteiger partial charge in [0.1, 0.15) is 17.0 Å². The summed E-state index contributed by atoms with van der Waals surface area (Å²) in [7, 11) is 2.04. The molecule has 4 aromatic rings. The summed E-state index contributed by atoms with van der Waals surface area (Å²) in [6.07, 6.45) is 3.82. The van der Waals surface area contributed by atoms with E-state index in [9.17, 15) is 4.79 Å². The molecule has 0 unspecified atom stereocenters. The Hall–Kier alpha value is -3.25. The predicted octanol–water partition coefficient (Wildman–Crippen LogP) is 4.89. The molecule has 1 fully saturated rings. The van der Waals surface area contributed by atoms with Gasteiger partial charge in [-0.15, -0.1) is 11.3 Å². The van der Waals surface area contributed by atoms with Gasteiger partial charge in [-0.2, -0.15) is 0 Å². The maximum Gasteiger partial charge on any atom is 0.251 e. The van der Waals surface area contributed by atoms with Gasteiger partial charge in [0.05, 0.1) is 5.39 Å². The molecule has 2 aromatic heterocycles. The Balaban J connectivity index is 1.36. The Kier molecular flexibility index (Phi) is 4.93. The van der Waals surface area contributed by atoms with E-state index in [-0.39, 0.29) is 5.91 Å². The van der Waals surface area contributed by atoms with E-state index in [1.165, 1.54) is 10.4 Å². The Morgan fingerprint density at radius 1 is 1.10 bits per heavy atom. The molecule has 1 aliphatic carbocycles. The highest BCUT2D eigenvalue weighted by molar-refractivity contribution is 7.21. The van der Waals surface area contributed by atoms with Crippen LogP contribution in [-0.2, 0) is 6.54 Å². The number of carbonyl (C=O) groups is 1. The SMILES string of the molecule is CN(Cc1ccc(C(=O)NC2CC2)cc1)c1ncnc2sc(-c3ccccc3)cc12. The number of hydrogen-bond acceptors (Lipinski definition) is 5. The van der Waals surface area contributed by atoms with Crippen LogP contribution < -0.4 is 10.2 Å². The summed E-state index contributed by atoms with van der Waals surface area (Å²) in [6.45, 7) is 0.702. The van der Waals surface area contributed by atoms with Gasteiger partial charge in [0, 0.05) is 30.1 Å². The number of nitrogens with zero attached hydrogens (tertiary/aromatic N) is 3. The monoisotopic (exact) mass is 414 g/mol. The van der Waals surface area contributed by atoms with Crippen molar-refractivity contribution < 1.29 is 4.79 Å². The van der Waals surface area contributed by atoms with Gasteiger partial charge in [-0.05, 0) is 42.2 Å². The van der Waals surface area contributed by atoms with Crippen molar-refractivity contribution in [3.63, 3.8) is 0 Å². The molecule has 150 valence electrons. The molecule has 0 bridgehead atoms. The van der Waals surface area contributed by atoms with Crippen molar-refractivity contribution in [2.24, 2.45) is 0 Å². The molecule has 30 heavy (non-hydrogen) atoms. The number of carbonyl (C=O) groups excluding carboxylic acids is 1. The smallest absolute Gasteiger partial charge is 0.251 e. The van der Waals surface area contributed by atoms with Crippen molar-refractivity contribution in [3.05, 3.63) is 78.1 Å². The molecule has 5 rings (SSSR count). The summed E-state index contributed by atoms with van der Waals surface area (Å²) in [4.78, 5) is 25.5. The molecule has 1 amide bonds. The molecule has 5 nitrogen and oxygen atoms in total. The second-order valence-electron chi connectivity index (χ2n) is 7.69. The second kappa shape index (κ2) is 7.88. The van der Waals surface area contributed by atoms with E-state index in [0.717, 1.165) is 34.4 Å². The van der Waals surface area contributed by atoms with Crippen LogP contribution in [0.5, 0.6) is 0 Å². The standard InChI is InChI=1S/C24H22N4OS/c1-28(14-16-7-9-18(10-8-16)23(29)27-19-11-12-19)22-20-13-21(17-5-3-2-4-6-17)30-24(20)26-15-25-22/h2-10,13,15,19H,11-12,14H2,1H3,(H,27,29).